The van der Waals surface area contributed by atoms with Gasteiger partial charge in [-0.25, -0.2) is 4.79 Å². The van der Waals surface area contributed by atoms with Crippen molar-refractivity contribution < 1.29 is 41.8 Å². The molecule has 166 valence electrons. The number of fused-ring (bicyclic) bond motifs is 1. The predicted octanol–water partition coefficient (Wildman–Crippen LogP) is 3.14. The summed E-state index contributed by atoms with van der Waals surface area (Å²) in [5.41, 5.74) is 0.924. The van der Waals surface area contributed by atoms with E-state index in [1.54, 1.807) is 24.3 Å². The number of ether oxygens (including phenoxy) is 3. The first kappa shape index (κ1) is 23.7. The maximum atomic E-state index is 12.3. The Labute approximate surface area is 175 Å². The van der Waals surface area contributed by atoms with Crippen molar-refractivity contribution in [2.24, 2.45) is 0 Å². The molecule has 0 radical (unpaired) electrons. The molecule has 2 aromatic rings. The monoisotopic (exact) mass is 440 g/mol. The third-order valence-corrected chi connectivity index (χ3v) is 4.28. The van der Waals surface area contributed by atoms with Crippen LogP contribution in [0.15, 0.2) is 42.5 Å². The maximum Gasteiger partial charge on any atom is 0.490 e. The number of imide groups is 1. The molecule has 2 aromatic carbocycles. The van der Waals surface area contributed by atoms with Crippen LogP contribution in [-0.2, 0) is 16.1 Å². The summed E-state index contributed by atoms with van der Waals surface area (Å²) >= 11 is 0. The Morgan fingerprint density at radius 2 is 1.61 bits per heavy atom. The normalized spacial score (nSPS) is 12.8. The van der Waals surface area contributed by atoms with Crippen LogP contribution in [0.1, 0.15) is 26.3 Å². The highest BCUT2D eigenvalue weighted by molar-refractivity contribution is 6.21. The van der Waals surface area contributed by atoms with Gasteiger partial charge in [-0.1, -0.05) is 18.2 Å². The minimum Gasteiger partial charge on any atom is -0.493 e. The van der Waals surface area contributed by atoms with Crippen molar-refractivity contribution in [3.8, 4) is 11.5 Å². The van der Waals surface area contributed by atoms with E-state index >= 15 is 0 Å². The Balaban J connectivity index is 0.00000341. The molecule has 0 spiro atoms. The fourth-order valence-corrected chi connectivity index (χ4v) is 2.84. The topological polar surface area (TPSA) is 117 Å². The van der Waals surface area contributed by atoms with E-state index in [1.165, 1.54) is 25.3 Å². The molecule has 0 saturated carbocycles. The predicted molar refractivity (Wildman–Crippen MR) is 101 cm³/mol. The van der Waals surface area contributed by atoms with E-state index < -0.39 is 30.6 Å². The van der Waals surface area contributed by atoms with Gasteiger partial charge in [-0.05, 0) is 29.8 Å². The zero-order valence-electron chi connectivity index (χ0n) is 16.4. The minimum atomic E-state index is -5.07. The summed E-state index contributed by atoms with van der Waals surface area (Å²) < 4.78 is 51.5. The minimum absolute atomic E-state index is 0. The first-order chi connectivity index (χ1) is 14.2. The fourth-order valence-electron chi connectivity index (χ4n) is 2.84. The van der Waals surface area contributed by atoms with Crippen molar-refractivity contribution in [3.63, 3.8) is 0 Å². The number of carbonyl (C=O) groups excluding carboxylic acids is 3. The van der Waals surface area contributed by atoms with E-state index in [1.807, 2.05) is 0 Å². The third-order valence-electron chi connectivity index (χ3n) is 4.28. The zero-order valence-corrected chi connectivity index (χ0v) is 16.4. The lowest BCUT2D eigenvalue weighted by atomic mass is 10.1. The summed E-state index contributed by atoms with van der Waals surface area (Å²) in [6, 6.07) is 10.7. The lowest BCUT2D eigenvalue weighted by Gasteiger charge is -2.16. The number of esters is 1. The van der Waals surface area contributed by atoms with Gasteiger partial charge < -0.3 is 20.4 Å². The molecule has 8 nitrogen and oxygen atoms in total. The van der Waals surface area contributed by atoms with Gasteiger partial charge >= 0.3 is 12.1 Å². The second-order valence-electron chi connectivity index (χ2n) is 6.22. The van der Waals surface area contributed by atoms with Crippen LogP contribution in [0, 0.1) is 0 Å². The first-order valence-electron chi connectivity index (χ1n) is 8.71. The number of methoxy groups -OCH3 is 1. The van der Waals surface area contributed by atoms with Crippen molar-refractivity contribution >= 4 is 17.8 Å². The van der Waals surface area contributed by atoms with Crippen LogP contribution in [-0.4, -0.2) is 49.1 Å². The van der Waals surface area contributed by atoms with Crippen molar-refractivity contribution in [1.29, 1.82) is 0 Å². The van der Waals surface area contributed by atoms with Crippen LogP contribution in [0.4, 0.5) is 13.2 Å². The van der Waals surface area contributed by atoms with E-state index in [4.69, 9.17) is 9.47 Å². The molecule has 0 aromatic heterocycles. The number of nitrogens with zero attached hydrogens (tertiary/aromatic N) is 1. The number of hydrogen-bond donors (Lipinski definition) is 1. The summed E-state index contributed by atoms with van der Waals surface area (Å²) in [7, 11) is 1.33. The SMILES string of the molecule is COc1cc(COC(=O)C(F)(F)F)ccc1OCCN1C(=O)c2ccccc2C1=O.N. The summed E-state index contributed by atoms with van der Waals surface area (Å²) in [6.07, 6.45) is -5.07. The van der Waals surface area contributed by atoms with E-state index in [0.717, 1.165) is 4.90 Å². The average Bonchev–Trinajstić information content (AvgIpc) is 2.96. The molecule has 3 rings (SSSR count). The van der Waals surface area contributed by atoms with Gasteiger partial charge in [0.05, 0.1) is 24.8 Å². The molecule has 0 fully saturated rings. The number of rotatable bonds is 7. The number of carbonyl (C=O) groups is 3. The molecule has 0 saturated heterocycles. The number of benzene rings is 2. The zero-order chi connectivity index (χ0) is 21.9. The first-order valence-corrected chi connectivity index (χ1v) is 8.71. The fraction of sp³-hybridized carbons (Fsp3) is 0.250. The van der Waals surface area contributed by atoms with Gasteiger partial charge in [-0.2, -0.15) is 13.2 Å². The molecule has 0 aliphatic carbocycles. The number of hydrogen-bond acceptors (Lipinski definition) is 7. The molecule has 0 bridgehead atoms. The van der Waals surface area contributed by atoms with Gasteiger partial charge in [-0.3, -0.25) is 14.5 Å². The van der Waals surface area contributed by atoms with Gasteiger partial charge in [-0.15, -0.1) is 0 Å². The van der Waals surface area contributed by atoms with Gasteiger partial charge in [0.25, 0.3) is 11.8 Å². The Hall–Kier alpha value is -3.60. The molecule has 0 atom stereocenters. The maximum absolute atomic E-state index is 12.3. The van der Waals surface area contributed by atoms with Crippen molar-refractivity contribution in [2.75, 3.05) is 20.3 Å². The quantitative estimate of drug-likeness (QED) is 0.519. The van der Waals surface area contributed by atoms with Crippen LogP contribution in [0.2, 0.25) is 0 Å². The number of halogens is 3. The Bertz CT molecular complexity index is 958. The van der Waals surface area contributed by atoms with Gasteiger partial charge in [0, 0.05) is 0 Å². The molecular formula is C20H19F3N2O6. The largest absolute Gasteiger partial charge is 0.493 e. The van der Waals surface area contributed by atoms with E-state index in [9.17, 15) is 27.6 Å². The van der Waals surface area contributed by atoms with Crippen molar-refractivity contribution in [1.82, 2.24) is 11.1 Å². The highest BCUT2D eigenvalue weighted by Crippen LogP contribution is 2.29. The standard InChI is InChI=1S/C20H16F3NO6.H3N/c1-28-16-10-12(11-30-19(27)20(21,22)23)6-7-15(16)29-9-8-24-17(25)13-4-2-3-5-14(13)18(24)26;/h2-7,10H,8-9,11H2,1H3;1H3. The van der Waals surface area contributed by atoms with Crippen molar-refractivity contribution in [2.45, 2.75) is 12.8 Å². The van der Waals surface area contributed by atoms with Gasteiger partial charge in [0.2, 0.25) is 0 Å². The third kappa shape index (κ3) is 5.12. The molecule has 2 amide bonds. The molecule has 3 N–H and O–H groups in total. The van der Waals surface area contributed by atoms with E-state index in [2.05, 4.69) is 4.74 Å². The second kappa shape index (κ2) is 9.47. The highest BCUT2D eigenvalue weighted by Gasteiger charge is 2.41. The molecule has 0 unspecified atom stereocenters. The number of amides is 2. The smallest absolute Gasteiger partial charge is 0.490 e. The Morgan fingerprint density at radius 1 is 1.00 bits per heavy atom. The molecule has 31 heavy (non-hydrogen) atoms. The van der Waals surface area contributed by atoms with Crippen LogP contribution in [0.5, 0.6) is 11.5 Å². The summed E-state index contributed by atoms with van der Waals surface area (Å²) in [5.74, 6) is -2.67. The summed E-state index contributed by atoms with van der Waals surface area (Å²) in [6.45, 7) is -0.616. The van der Waals surface area contributed by atoms with Gasteiger partial charge in [0.1, 0.15) is 13.2 Å². The number of alkyl halides is 3. The lowest BCUT2D eigenvalue weighted by Crippen LogP contribution is -2.33. The molecule has 11 heteroatoms. The van der Waals surface area contributed by atoms with Crippen LogP contribution < -0.4 is 15.6 Å². The van der Waals surface area contributed by atoms with E-state index in [-0.39, 0.29) is 36.4 Å². The molecule has 1 aliphatic heterocycles. The molecule has 1 heterocycles. The average molecular weight is 440 g/mol. The molecular weight excluding hydrogens is 421 g/mol. The van der Waals surface area contributed by atoms with E-state index in [0.29, 0.717) is 11.1 Å². The van der Waals surface area contributed by atoms with Gasteiger partial charge in [0.15, 0.2) is 11.5 Å². The van der Waals surface area contributed by atoms with Crippen molar-refractivity contribution in [3.05, 3.63) is 59.2 Å². The highest BCUT2D eigenvalue weighted by atomic mass is 19.4. The summed E-state index contributed by atoms with van der Waals surface area (Å²) in [5, 5.41) is 0. The van der Waals surface area contributed by atoms with Crippen LogP contribution in [0.25, 0.3) is 0 Å². The lowest BCUT2D eigenvalue weighted by molar-refractivity contribution is -0.201. The second-order valence-corrected chi connectivity index (χ2v) is 6.22. The Kier molecular flexibility index (Phi) is 7.24. The Morgan fingerprint density at radius 3 is 2.16 bits per heavy atom. The van der Waals surface area contributed by atoms with Crippen LogP contribution in [0.3, 0.4) is 0 Å². The van der Waals surface area contributed by atoms with Crippen LogP contribution >= 0.6 is 0 Å². The summed E-state index contributed by atoms with van der Waals surface area (Å²) in [4.78, 5) is 36.5. The molecule has 1 aliphatic rings.